The van der Waals surface area contributed by atoms with Crippen LogP contribution in [0.15, 0.2) is 36.4 Å². The van der Waals surface area contributed by atoms with Crippen molar-refractivity contribution in [1.82, 2.24) is 5.32 Å². The van der Waals surface area contributed by atoms with E-state index in [-0.39, 0.29) is 30.5 Å². The number of ether oxygens (including phenoxy) is 2. The number of carbonyl (C=O) groups is 1. The van der Waals surface area contributed by atoms with E-state index >= 15 is 0 Å². The Morgan fingerprint density at radius 2 is 1.45 bits per heavy atom. The van der Waals surface area contributed by atoms with Crippen molar-refractivity contribution in [2.45, 2.75) is 111 Å². The number of amides is 1. The number of aliphatic hydroxyl groups excluding tert-OH is 1. The molecule has 0 aliphatic heterocycles. The smallest absolute Gasteiger partial charge is 0.407 e. The summed E-state index contributed by atoms with van der Waals surface area (Å²) in [5.74, 6) is 0.764. The lowest BCUT2D eigenvalue weighted by molar-refractivity contribution is 0.0216. The van der Waals surface area contributed by atoms with Gasteiger partial charge in [0.15, 0.2) is 9.84 Å². The summed E-state index contributed by atoms with van der Waals surface area (Å²) < 4.78 is 36.5. The van der Waals surface area contributed by atoms with Gasteiger partial charge in [-0.3, -0.25) is 0 Å². The van der Waals surface area contributed by atoms with Crippen LogP contribution in [0.1, 0.15) is 96.0 Å². The summed E-state index contributed by atoms with van der Waals surface area (Å²) in [5.41, 5.74) is 4.31. The van der Waals surface area contributed by atoms with Gasteiger partial charge in [-0.25, -0.2) is 13.2 Å². The van der Waals surface area contributed by atoms with Gasteiger partial charge in [-0.15, -0.1) is 0 Å². The Balaban J connectivity index is 2.33. The van der Waals surface area contributed by atoms with Gasteiger partial charge in [0.2, 0.25) is 0 Å². The Kier molecular flexibility index (Phi) is 11.7. The molecule has 2 atom stereocenters. The van der Waals surface area contributed by atoms with E-state index in [0.29, 0.717) is 0 Å². The number of aliphatic hydroxyl groups is 1. The topological polar surface area (TPSA) is 102 Å². The molecule has 2 aromatic rings. The summed E-state index contributed by atoms with van der Waals surface area (Å²) in [7, 11) is -3.47. The van der Waals surface area contributed by atoms with Crippen LogP contribution in [0, 0.1) is 19.3 Å². The summed E-state index contributed by atoms with van der Waals surface area (Å²) in [6, 6.07) is 12.6. The lowest BCUT2D eigenvalue weighted by atomic mass is 9.69. The number of alkyl carbamates (subject to hydrolysis) is 1. The van der Waals surface area contributed by atoms with Crippen molar-refractivity contribution in [1.29, 1.82) is 0 Å². The number of aryl methyl sites for hydroxylation is 2. The molecule has 0 spiro atoms. The van der Waals surface area contributed by atoms with Crippen molar-refractivity contribution >= 4 is 15.9 Å². The van der Waals surface area contributed by atoms with Gasteiger partial charge in [0.25, 0.3) is 0 Å². The molecule has 0 aromatic heterocycles. The van der Waals surface area contributed by atoms with E-state index in [1.165, 1.54) is 17.4 Å². The van der Waals surface area contributed by atoms with Gasteiger partial charge >= 0.3 is 6.09 Å². The zero-order chi connectivity index (χ0) is 32.1. The summed E-state index contributed by atoms with van der Waals surface area (Å²) in [6.45, 7) is 19.9. The van der Waals surface area contributed by atoms with Crippen molar-refractivity contribution in [3.8, 4) is 5.75 Å². The molecular formula is C34H53NO6S. The number of nitrogens with one attached hydrogen (secondary N) is 1. The third-order valence-electron chi connectivity index (χ3n) is 8.16. The maximum atomic E-state index is 12.6. The predicted octanol–water partition coefficient (Wildman–Crippen LogP) is 6.68. The van der Waals surface area contributed by atoms with E-state index in [0.717, 1.165) is 35.3 Å². The van der Waals surface area contributed by atoms with Crippen LogP contribution in [0.4, 0.5) is 4.79 Å². The van der Waals surface area contributed by atoms with Crippen molar-refractivity contribution < 1.29 is 27.8 Å². The van der Waals surface area contributed by atoms with Crippen molar-refractivity contribution in [2.75, 3.05) is 19.5 Å². The molecule has 2 rings (SSSR count). The summed E-state index contributed by atoms with van der Waals surface area (Å²) >= 11 is 0. The van der Waals surface area contributed by atoms with E-state index in [2.05, 4.69) is 43.4 Å². The quantitative estimate of drug-likeness (QED) is 0.281. The second kappa shape index (κ2) is 13.8. The molecule has 0 bridgehead atoms. The first-order valence-corrected chi connectivity index (χ1v) is 16.8. The van der Waals surface area contributed by atoms with Gasteiger partial charge in [0.1, 0.15) is 19.0 Å². The fourth-order valence-corrected chi connectivity index (χ4v) is 5.87. The molecule has 1 amide bonds. The number of benzene rings is 2. The highest BCUT2D eigenvalue weighted by Crippen LogP contribution is 2.41. The number of hydrogen-bond acceptors (Lipinski definition) is 6. The van der Waals surface area contributed by atoms with Gasteiger partial charge in [-0.1, -0.05) is 65.0 Å². The van der Waals surface area contributed by atoms with Crippen molar-refractivity contribution in [3.63, 3.8) is 0 Å². The van der Waals surface area contributed by atoms with E-state index in [1.54, 1.807) is 0 Å². The SMILES string of the molecule is CCC(CC)(c1ccc(CC(COC(=O)NC(C)(C)C)S(C)(=O)=O)c(C)c1)c1ccc(OCC(O)C(C)(C)C)c(C)c1. The monoisotopic (exact) mass is 603 g/mol. The highest BCUT2D eigenvalue weighted by atomic mass is 32.2. The maximum absolute atomic E-state index is 12.6. The molecule has 2 aromatic carbocycles. The highest BCUT2D eigenvalue weighted by molar-refractivity contribution is 7.91. The molecule has 2 N–H and O–H groups in total. The Hall–Kier alpha value is -2.58. The number of sulfone groups is 1. The number of carbonyl (C=O) groups excluding carboxylic acids is 1. The summed E-state index contributed by atoms with van der Waals surface area (Å²) in [4.78, 5) is 12.2. The number of rotatable bonds is 12. The molecule has 0 saturated heterocycles. The highest BCUT2D eigenvalue weighted by Gasteiger charge is 2.32. The Labute approximate surface area is 254 Å². The summed E-state index contributed by atoms with van der Waals surface area (Å²) in [6.07, 6.45) is 2.00. The molecule has 2 unspecified atom stereocenters. The lowest BCUT2D eigenvalue weighted by Crippen LogP contribution is -2.42. The van der Waals surface area contributed by atoms with Gasteiger partial charge in [0.05, 0.1) is 11.4 Å². The minimum absolute atomic E-state index is 0.212. The van der Waals surface area contributed by atoms with Crippen LogP contribution >= 0.6 is 0 Å². The lowest BCUT2D eigenvalue weighted by Gasteiger charge is -2.34. The minimum Gasteiger partial charge on any atom is -0.491 e. The zero-order valence-electron chi connectivity index (χ0n) is 27.6. The average Bonchev–Trinajstić information content (AvgIpc) is 2.85. The molecule has 236 valence electrons. The molecule has 8 heteroatoms. The molecule has 0 radical (unpaired) electrons. The summed E-state index contributed by atoms with van der Waals surface area (Å²) in [5, 5.41) is 12.3. The van der Waals surface area contributed by atoms with Crippen LogP contribution in [-0.2, 0) is 26.4 Å². The van der Waals surface area contributed by atoms with E-state index in [4.69, 9.17) is 9.47 Å². The van der Waals surface area contributed by atoms with E-state index < -0.39 is 32.8 Å². The van der Waals surface area contributed by atoms with E-state index in [1.807, 2.05) is 67.5 Å². The Bertz CT molecular complexity index is 1320. The Morgan fingerprint density at radius 1 is 0.905 bits per heavy atom. The molecule has 42 heavy (non-hydrogen) atoms. The number of hydrogen-bond donors (Lipinski definition) is 2. The molecule has 0 aliphatic rings. The second-order valence-corrected chi connectivity index (χ2v) is 16.1. The van der Waals surface area contributed by atoms with Crippen LogP contribution in [0.3, 0.4) is 0 Å². The fraction of sp³-hybridized carbons (Fsp3) is 0.618. The van der Waals surface area contributed by atoms with Gasteiger partial charge in [-0.05, 0) is 93.2 Å². The fourth-order valence-electron chi connectivity index (χ4n) is 5.07. The van der Waals surface area contributed by atoms with Crippen LogP contribution in [0.25, 0.3) is 0 Å². The molecule has 0 saturated carbocycles. The standard InChI is InChI=1S/C34H53NO6S/c1-12-34(13-2,27-16-17-29(24(4)19-27)40-22-30(36)32(5,6)7)26-15-14-25(23(3)18-26)20-28(42(11,38)39)21-41-31(37)35-33(8,9)10/h14-19,28,30,36H,12-13,20-22H2,1-11H3,(H,35,37). The largest absolute Gasteiger partial charge is 0.491 e. The van der Waals surface area contributed by atoms with E-state index in [9.17, 15) is 18.3 Å². The van der Waals surface area contributed by atoms with Crippen LogP contribution < -0.4 is 10.1 Å². The first-order valence-electron chi connectivity index (χ1n) is 14.9. The normalized spacial score (nSPS) is 14.3. The van der Waals surface area contributed by atoms with Gasteiger partial charge in [-0.2, -0.15) is 0 Å². The zero-order valence-corrected chi connectivity index (χ0v) is 28.4. The molecule has 0 fully saturated rings. The van der Waals surface area contributed by atoms with Crippen LogP contribution in [0.5, 0.6) is 5.75 Å². The average molecular weight is 604 g/mol. The van der Waals surface area contributed by atoms with Crippen molar-refractivity contribution in [3.05, 3.63) is 64.2 Å². The van der Waals surface area contributed by atoms with Crippen LogP contribution in [-0.4, -0.2) is 56.0 Å². The first kappa shape index (κ1) is 35.6. The minimum atomic E-state index is -3.47. The molecular weight excluding hydrogens is 550 g/mol. The first-order chi connectivity index (χ1) is 19.2. The second-order valence-electron chi connectivity index (χ2n) is 13.7. The molecule has 0 heterocycles. The molecule has 0 aliphatic carbocycles. The van der Waals surface area contributed by atoms with Crippen LogP contribution in [0.2, 0.25) is 0 Å². The third-order valence-corrected chi connectivity index (χ3v) is 9.67. The van der Waals surface area contributed by atoms with Crippen molar-refractivity contribution in [2.24, 2.45) is 5.41 Å². The van der Waals surface area contributed by atoms with Gasteiger partial charge < -0.3 is 19.9 Å². The molecule has 7 nitrogen and oxygen atoms in total. The third kappa shape index (κ3) is 9.46. The predicted molar refractivity (Wildman–Crippen MR) is 171 cm³/mol. The Morgan fingerprint density at radius 3 is 1.90 bits per heavy atom. The van der Waals surface area contributed by atoms with Gasteiger partial charge in [0, 0.05) is 17.2 Å². The maximum Gasteiger partial charge on any atom is 0.407 e.